The van der Waals surface area contributed by atoms with Gasteiger partial charge in [-0.3, -0.25) is 4.79 Å². The first-order chi connectivity index (χ1) is 14.9. The molecule has 2 aromatic heterocycles. The fraction of sp³-hybridized carbons (Fsp3) is 0.417. The van der Waals surface area contributed by atoms with E-state index in [-0.39, 0.29) is 18.0 Å². The summed E-state index contributed by atoms with van der Waals surface area (Å²) >= 11 is 0. The molecule has 1 fully saturated rings. The van der Waals surface area contributed by atoms with Crippen LogP contribution in [0.25, 0.3) is 22.3 Å². The summed E-state index contributed by atoms with van der Waals surface area (Å²) in [7, 11) is 0. The van der Waals surface area contributed by atoms with E-state index in [0.717, 1.165) is 31.2 Å². The van der Waals surface area contributed by atoms with E-state index in [4.69, 9.17) is 9.72 Å². The number of rotatable bonds is 6. The van der Waals surface area contributed by atoms with Crippen LogP contribution >= 0.6 is 0 Å². The molecule has 0 spiro atoms. The van der Waals surface area contributed by atoms with Crippen molar-refractivity contribution < 1.29 is 14.3 Å². The molecule has 1 amide bonds. The zero-order chi connectivity index (χ0) is 22.0. The molecule has 1 aliphatic rings. The van der Waals surface area contributed by atoms with Crippen LogP contribution in [0.4, 0.5) is 0 Å². The Hall–Kier alpha value is -3.22. The minimum Gasteiger partial charge on any atom is -0.449 e. The predicted molar refractivity (Wildman–Crippen MR) is 119 cm³/mol. The summed E-state index contributed by atoms with van der Waals surface area (Å²) in [6.45, 7) is 5.63. The fourth-order valence-corrected chi connectivity index (χ4v) is 3.99. The average Bonchev–Trinajstić information content (AvgIpc) is 3.43. The van der Waals surface area contributed by atoms with Crippen molar-refractivity contribution in [3.8, 4) is 11.3 Å². The second-order valence-electron chi connectivity index (χ2n) is 8.38. The van der Waals surface area contributed by atoms with Crippen LogP contribution in [-0.4, -0.2) is 38.8 Å². The number of carbonyl (C=O) groups is 2. The third kappa shape index (κ3) is 4.45. The number of nitrogens with one attached hydrogen (secondary N) is 1. The van der Waals surface area contributed by atoms with E-state index in [1.807, 2.05) is 44.2 Å². The van der Waals surface area contributed by atoms with Gasteiger partial charge in [-0.15, -0.1) is 0 Å². The van der Waals surface area contributed by atoms with Gasteiger partial charge in [0.25, 0.3) is 5.91 Å². The summed E-state index contributed by atoms with van der Waals surface area (Å²) in [6.07, 6.45) is 4.96. The van der Waals surface area contributed by atoms with Gasteiger partial charge in [-0.05, 0) is 39.7 Å². The monoisotopic (exact) mass is 420 g/mol. The van der Waals surface area contributed by atoms with Crippen LogP contribution in [-0.2, 0) is 9.53 Å². The molecule has 1 N–H and O–H groups in total. The van der Waals surface area contributed by atoms with Crippen molar-refractivity contribution in [1.82, 2.24) is 20.1 Å². The number of nitrogens with zero attached hydrogens (tertiary/aromatic N) is 3. The lowest BCUT2D eigenvalue weighted by Gasteiger charge is -2.17. The Kier molecular flexibility index (Phi) is 6.02. The molecule has 2 heterocycles. The highest BCUT2D eigenvalue weighted by Crippen LogP contribution is 2.27. The van der Waals surface area contributed by atoms with E-state index in [9.17, 15) is 9.59 Å². The third-order valence-corrected chi connectivity index (χ3v) is 5.70. The van der Waals surface area contributed by atoms with Gasteiger partial charge >= 0.3 is 5.97 Å². The number of carbonyl (C=O) groups excluding carboxylic acids is 2. The maximum absolute atomic E-state index is 13.1. The smallest absolute Gasteiger partial charge is 0.339 e. The Balaban J connectivity index is 1.65. The minimum atomic E-state index is -0.878. The van der Waals surface area contributed by atoms with Crippen LogP contribution in [0.2, 0.25) is 0 Å². The number of benzene rings is 1. The van der Waals surface area contributed by atoms with Crippen LogP contribution in [0.15, 0.2) is 42.6 Å². The van der Waals surface area contributed by atoms with E-state index in [0.29, 0.717) is 22.3 Å². The van der Waals surface area contributed by atoms with Gasteiger partial charge in [0, 0.05) is 17.6 Å². The van der Waals surface area contributed by atoms with Gasteiger partial charge in [0.05, 0.1) is 22.8 Å². The number of pyridine rings is 1. The minimum absolute atomic E-state index is 0.0796. The van der Waals surface area contributed by atoms with E-state index in [1.54, 1.807) is 23.9 Å². The second-order valence-corrected chi connectivity index (χ2v) is 8.38. The predicted octanol–water partition coefficient (Wildman–Crippen LogP) is 4.28. The van der Waals surface area contributed by atoms with Gasteiger partial charge in [0.2, 0.25) is 0 Å². The van der Waals surface area contributed by atoms with Crippen LogP contribution in [0.3, 0.4) is 0 Å². The largest absolute Gasteiger partial charge is 0.449 e. The number of aromatic nitrogens is 3. The summed E-state index contributed by atoms with van der Waals surface area (Å²) in [5.41, 5.74) is 2.52. The van der Waals surface area contributed by atoms with Crippen molar-refractivity contribution in [2.24, 2.45) is 0 Å². The summed E-state index contributed by atoms with van der Waals surface area (Å²) in [5.74, 6) is -0.811. The highest BCUT2D eigenvalue weighted by atomic mass is 16.5. The molecule has 1 aromatic carbocycles. The van der Waals surface area contributed by atoms with Crippen molar-refractivity contribution in [1.29, 1.82) is 0 Å². The Morgan fingerprint density at radius 1 is 1.13 bits per heavy atom. The van der Waals surface area contributed by atoms with Crippen LogP contribution in [0, 0.1) is 0 Å². The van der Waals surface area contributed by atoms with E-state index < -0.39 is 12.1 Å². The van der Waals surface area contributed by atoms with E-state index in [1.165, 1.54) is 0 Å². The lowest BCUT2D eigenvalue weighted by atomic mass is 10.1. The number of hydrogen-bond acceptors (Lipinski definition) is 5. The van der Waals surface area contributed by atoms with E-state index in [2.05, 4.69) is 10.4 Å². The van der Waals surface area contributed by atoms with Gasteiger partial charge in [0.1, 0.15) is 0 Å². The quantitative estimate of drug-likeness (QED) is 0.602. The molecule has 3 aromatic rings. The van der Waals surface area contributed by atoms with Crippen molar-refractivity contribution in [2.45, 2.75) is 64.6 Å². The Bertz CT molecular complexity index is 1080. The molecule has 1 aliphatic carbocycles. The zero-order valence-corrected chi connectivity index (χ0v) is 18.2. The number of fused-ring (bicyclic) bond motifs is 1. The molecule has 31 heavy (non-hydrogen) atoms. The molecular weight excluding hydrogens is 392 g/mol. The topological polar surface area (TPSA) is 86.1 Å². The molecule has 0 radical (unpaired) electrons. The molecule has 1 atom stereocenters. The molecule has 7 heteroatoms. The van der Waals surface area contributed by atoms with Crippen LogP contribution in [0.5, 0.6) is 0 Å². The highest BCUT2D eigenvalue weighted by molar-refractivity contribution is 6.04. The van der Waals surface area contributed by atoms with Crippen molar-refractivity contribution >= 4 is 22.9 Å². The van der Waals surface area contributed by atoms with Gasteiger partial charge in [-0.25, -0.2) is 14.5 Å². The number of amides is 1. The SMILES string of the molecule is CC(C)n1ncc2c(C(=O)O[C@H](C)C(=O)NC3CCCC3)cc(-c3ccccc3)nc21. The molecule has 0 unspecified atom stereocenters. The maximum Gasteiger partial charge on any atom is 0.339 e. The standard InChI is InChI=1S/C24H28N4O3/c1-15(2)28-22-20(14-25-28)19(13-21(27-22)17-9-5-4-6-10-17)24(30)31-16(3)23(29)26-18-11-7-8-12-18/h4-6,9-10,13-16,18H,7-8,11-12H2,1-3H3,(H,26,29)/t16-/m1/s1. The Labute approximate surface area is 181 Å². The second kappa shape index (κ2) is 8.88. The summed E-state index contributed by atoms with van der Waals surface area (Å²) in [4.78, 5) is 30.4. The summed E-state index contributed by atoms with van der Waals surface area (Å²) in [6, 6.07) is 11.6. The van der Waals surface area contributed by atoms with Crippen molar-refractivity contribution in [3.63, 3.8) is 0 Å². The van der Waals surface area contributed by atoms with Crippen LogP contribution < -0.4 is 5.32 Å². The molecule has 0 saturated heterocycles. The van der Waals surface area contributed by atoms with Crippen molar-refractivity contribution in [2.75, 3.05) is 0 Å². The fourth-order valence-electron chi connectivity index (χ4n) is 3.99. The number of hydrogen-bond donors (Lipinski definition) is 1. The van der Waals surface area contributed by atoms with Crippen molar-refractivity contribution in [3.05, 3.63) is 48.2 Å². The molecule has 162 valence electrons. The first kappa shape index (κ1) is 21.0. The summed E-state index contributed by atoms with van der Waals surface area (Å²) < 4.78 is 7.35. The van der Waals surface area contributed by atoms with E-state index >= 15 is 0 Å². The normalized spacial score (nSPS) is 15.4. The van der Waals surface area contributed by atoms with Gasteiger partial charge in [-0.2, -0.15) is 5.10 Å². The van der Waals surface area contributed by atoms with Gasteiger partial charge in [0.15, 0.2) is 11.8 Å². The molecule has 0 aliphatic heterocycles. The number of esters is 1. The summed E-state index contributed by atoms with van der Waals surface area (Å²) in [5, 5.41) is 8.02. The van der Waals surface area contributed by atoms with Gasteiger partial charge in [-0.1, -0.05) is 43.2 Å². The molecule has 4 rings (SSSR count). The molecule has 1 saturated carbocycles. The van der Waals surface area contributed by atoms with Crippen LogP contribution in [0.1, 0.15) is 62.9 Å². The lowest BCUT2D eigenvalue weighted by Crippen LogP contribution is -2.40. The van der Waals surface area contributed by atoms with Gasteiger partial charge < -0.3 is 10.1 Å². The average molecular weight is 421 g/mol. The lowest BCUT2D eigenvalue weighted by molar-refractivity contribution is -0.129. The molecule has 7 nitrogen and oxygen atoms in total. The first-order valence-corrected chi connectivity index (χ1v) is 10.9. The third-order valence-electron chi connectivity index (χ3n) is 5.70. The Morgan fingerprint density at radius 2 is 1.84 bits per heavy atom. The zero-order valence-electron chi connectivity index (χ0n) is 18.2. The highest BCUT2D eigenvalue weighted by Gasteiger charge is 2.26. The number of ether oxygens (including phenoxy) is 1. The maximum atomic E-state index is 13.1. The molecule has 0 bridgehead atoms. The molecular formula is C24H28N4O3. The first-order valence-electron chi connectivity index (χ1n) is 10.9. The Morgan fingerprint density at radius 3 is 2.52 bits per heavy atom.